The van der Waals surface area contributed by atoms with Gasteiger partial charge in [0.15, 0.2) is 10.9 Å². The lowest BCUT2D eigenvalue weighted by Gasteiger charge is -2.08. The fraction of sp³-hybridized carbons (Fsp3) is 0.150. The summed E-state index contributed by atoms with van der Waals surface area (Å²) in [6, 6.07) is 14.6. The summed E-state index contributed by atoms with van der Waals surface area (Å²) in [4.78, 5) is 12.3. The molecule has 0 fully saturated rings. The molecule has 0 aliphatic heterocycles. The lowest BCUT2D eigenvalue weighted by Crippen LogP contribution is -2.15. The van der Waals surface area contributed by atoms with Gasteiger partial charge < -0.3 is 9.73 Å². The normalized spacial score (nSPS) is 11.1. The number of hydrogen-bond acceptors (Lipinski definition) is 5. The van der Waals surface area contributed by atoms with Gasteiger partial charge in [0.05, 0.1) is 16.5 Å². The van der Waals surface area contributed by atoms with Gasteiger partial charge in [-0.05, 0) is 37.3 Å². The summed E-state index contributed by atoms with van der Waals surface area (Å²) in [6.07, 6.45) is 0. The van der Waals surface area contributed by atoms with Gasteiger partial charge in [-0.3, -0.25) is 9.36 Å². The molecule has 0 atom stereocenters. The van der Waals surface area contributed by atoms with Crippen molar-refractivity contribution >= 4 is 57.5 Å². The van der Waals surface area contributed by atoms with E-state index in [0.29, 0.717) is 39.0 Å². The molecule has 2 aromatic carbocycles. The van der Waals surface area contributed by atoms with Crippen molar-refractivity contribution in [3.63, 3.8) is 0 Å². The van der Waals surface area contributed by atoms with Crippen LogP contribution in [0.25, 0.3) is 22.6 Å². The Hall–Kier alpha value is -2.48. The lowest BCUT2D eigenvalue weighted by molar-refractivity contribution is -0.113. The van der Waals surface area contributed by atoms with Crippen molar-refractivity contribution in [3.8, 4) is 11.6 Å². The third-order valence-corrected chi connectivity index (χ3v) is 5.73. The highest BCUT2D eigenvalue weighted by Crippen LogP contribution is 2.30. The van der Waals surface area contributed by atoms with Crippen LogP contribution in [0.3, 0.4) is 0 Å². The summed E-state index contributed by atoms with van der Waals surface area (Å²) in [5.74, 6) is 1.24. The number of fused-ring (bicyclic) bond motifs is 1. The highest BCUT2D eigenvalue weighted by molar-refractivity contribution is 7.99. The van der Waals surface area contributed by atoms with Crippen molar-refractivity contribution in [2.45, 2.75) is 18.6 Å². The molecule has 0 saturated heterocycles. The van der Waals surface area contributed by atoms with Gasteiger partial charge in [0, 0.05) is 17.0 Å². The molecule has 4 aromatic rings. The quantitative estimate of drug-likeness (QED) is 0.381. The molecule has 148 valence electrons. The Kier molecular flexibility index (Phi) is 5.80. The highest BCUT2D eigenvalue weighted by atomic mass is 35.5. The van der Waals surface area contributed by atoms with E-state index >= 15 is 0 Å². The number of carbonyl (C=O) groups is 1. The third kappa shape index (κ3) is 4.27. The molecule has 0 aliphatic carbocycles. The fourth-order valence-electron chi connectivity index (χ4n) is 2.86. The van der Waals surface area contributed by atoms with Gasteiger partial charge in [-0.2, -0.15) is 0 Å². The van der Waals surface area contributed by atoms with Crippen LogP contribution in [-0.4, -0.2) is 26.4 Å². The number of carbonyl (C=O) groups excluding carboxylic acids is 1. The van der Waals surface area contributed by atoms with Crippen molar-refractivity contribution in [2.24, 2.45) is 0 Å². The van der Waals surface area contributed by atoms with Gasteiger partial charge in [-0.25, -0.2) is 0 Å². The minimum absolute atomic E-state index is 0.164. The number of halogens is 2. The maximum absolute atomic E-state index is 12.3. The van der Waals surface area contributed by atoms with Gasteiger partial charge >= 0.3 is 0 Å². The SMILES string of the molecule is CCn1c(SCC(=O)Nc2ccc(Cl)cc2Cl)nnc1-c1cc2ccccc2o1. The second kappa shape index (κ2) is 8.49. The van der Waals surface area contributed by atoms with E-state index in [2.05, 4.69) is 15.5 Å². The van der Waals surface area contributed by atoms with Crippen molar-refractivity contribution < 1.29 is 9.21 Å². The summed E-state index contributed by atoms with van der Waals surface area (Å²) < 4.78 is 7.82. The average Bonchev–Trinajstić information content (AvgIpc) is 3.31. The number of nitrogens with one attached hydrogen (secondary N) is 1. The van der Waals surface area contributed by atoms with Crippen LogP contribution in [0, 0.1) is 0 Å². The summed E-state index contributed by atoms with van der Waals surface area (Å²) >= 11 is 13.3. The zero-order chi connectivity index (χ0) is 20.4. The molecule has 0 saturated carbocycles. The summed E-state index contributed by atoms with van der Waals surface area (Å²) in [7, 11) is 0. The standard InChI is InChI=1S/C20H16Cl2N4O2S/c1-2-26-19(17-9-12-5-3-4-6-16(12)28-17)24-25-20(26)29-11-18(27)23-15-8-7-13(21)10-14(15)22/h3-10H,2,11H2,1H3,(H,23,27). The molecule has 1 amide bonds. The molecule has 4 rings (SSSR count). The molecule has 0 unspecified atom stereocenters. The van der Waals surface area contributed by atoms with Crippen molar-refractivity contribution in [1.82, 2.24) is 14.8 Å². The van der Waals surface area contributed by atoms with Crippen molar-refractivity contribution in [2.75, 3.05) is 11.1 Å². The molecular weight excluding hydrogens is 431 g/mol. The first-order valence-electron chi connectivity index (χ1n) is 8.85. The number of aromatic nitrogens is 3. The number of benzene rings is 2. The number of thioether (sulfide) groups is 1. The molecule has 0 aliphatic rings. The van der Waals surface area contributed by atoms with Crippen LogP contribution in [0.5, 0.6) is 0 Å². The maximum atomic E-state index is 12.3. The number of hydrogen-bond donors (Lipinski definition) is 1. The third-order valence-electron chi connectivity index (χ3n) is 4.22. The Morgan fingerprint density at radius 2 is 2.00 bits per heavy atom. The van der Waals surface area contributed by atoms with Gasteiger partial charge in [0.2, 0.25) is 11.7 Å². The van der Waals surface area contributed by atoms with E-state index in [1.165, 1.54) is 11.8 Å². The number of rotatable bonds is 6. The molecule has 0 bridgehead atoms. The van der Waals surface area contributed by atoms with E-state index in [1.54, 1.807) is 18.2 Å². The van der Waals surface area contributed by atoms with E-state index in [1.807, 2.05) is 41.8 Å². The molecule has 2 heterocycles. The van der Waals surface area contributed by atoms with Crippen LogP contribution in [0.2, 0.25) is 10.0 Å². The fourth-order valence-corrected chi connectivity index (χ4v) is 4.12. The van der Waals surface area contributed by atoms with Crippen molar-refractivity contribution in [3.05, 3.63) is 58.6 Å². The minimum atomic E-state index is -0.199. The molecule has 6 nitrogen and oxygen atoms in total. The second-order valence-electron chi connectivity index (χ2n) is 6.16. The molecule has 0 radical (unpaired) electrons. The molecular formula is C20H16Cl2N4O2S. The predicted molar refractivity (Wildman–Crippen MR) is 117 cm³/mol. The first-order valence-corrected chi connectivity index (χ1v) is 10.6. The lowest BCUT2D eigenvalue weighted by atomic mass is 10.2. The first kappa shape index (κ1) is 19.8. The van der Waals surface area contributed by atoms with Gasteiger partial charge in [0.1, 0.15) is 5.58 Å². The van der Waals surface area contributed by atoms with Crippen LogP contribution in [-0.2, 0) is 11.3 Å². The van der Waals surface area contributed by atoms with Gasteiger partial charge in [-0.15, -0.1) is 10.2 Å². The Morgan fingerprint density at radius 1 is 1.17 bits per heavy atom. The van der Waals surface area contributed by atoms with Crippen LogP contribution in [0.15, 0.2) is 58.1 Å². The Bertz CT molecular complexity index is 1160. The Morgan fingerprint density at radius 3 is 2.76 bits per heavy atom. The largest absolute Gasteiger partial charge is 0.453 e. The maximum Gasteiger partial charge on any atom is 0.234 e. The van der Waals surface area contributed by atoms with Crippen LogP contribution >= 0.6 is 35.0 Å². The Balaban J connectivity index is 1.48. The zero-order valence-corrected chi connectivity index (χ0v) is 17.7. The topological polar surface area (TPSA) is 73.0 Å². The number of furan rings is 1. The second-order valence-corrected chi connectivity index (χ2v) is 7.95. The average molecular weight is 447 g/mol. The zero-order valence-electron chi connectivity index (χ0n) is 15.4. The number of anilines is 1. The monoisotopic (exact) mass is 446 g/mol. The van der Waals surface area contributed by atoms with E-state index in [0.717, 1.165) is 11.0 Å². The summed E-state index contributed by atoms with van der Waals surface area (Å²) in [5.41, 5.74) is 1.31. The molecule has 1 N–H and O–H groups in total. The summed E-state index contributed by atoms with van der Waals surface area (Å²) in [6.45, 7) is 2.64. The molecule has 29 heavy (non-hydrogen) atoms. The number of para-hydroxylation sites is 1. The number of nitrogens with zero attached hydrogens (tertiary/aromatic N) is 3. The van der Waals surface area contributed by atoms with Crippen molar-refractivity contribution in [1.29, 1.82) is 0 Å². The smallest absolute Gasteiger partial charge is 0.234 e. The van der Waals surface area contributed by atoms with E-state index in [4.69, 9.17) is 27.6 Å². The van der Waals surface area contributed by atoms with Gasteiger partial charge in [0.25, 0.3) is 0 Å². The number of amides is 1. The van der Waals surface area contributed by atoms with Crippen LogP contribution in [0.4, 0.5) is 5.69 Å². The van der Waals surface area contributed by atoms with Gasteiger partial charge in [-0.1, -0.05) is 53.2 Å². The molecule has 9 heteroatoms. The molecule has 2 aromatic heterocycles. The summed E-state index contributed by atoms with van der Waals surface area (Å²) in [5, 5.41) is 13.8. The van der Waals surface area contributed by atoms with E-state index in [-0.39, 0.29) is 11.7 Å². The van der Waals surface area contributed by atoms with E-state index < -0.39 is 0 Å². The van der Waals surface area contributed by atoms with Crippen LogP contribution in [0.1, 0.15) is 6.92 Å². The Labute approximate surface area is 181 Å². The predicted octanol–water partition coefficient (Wildman–Crippen LogP) is 5.75. The first-order chi connectivity index (χ1) is 14.0. The molecule has 0 spiro atoms. The van der Waals surface area contributed by atoms with E-state index in [9.17, 15) is 4.79 Å². The van der Waals surface area contributed by atoms with Crippen LogP contribution < -0.4 is 5.32 Å². The highest BCUT2D eigenvalue weighted by Gasteiger charge is 2.18. The minimum Gasteiger partial charge on any atom is -0.453 e.